The Bertz CT molecular complexity index is 486. The molecular formula is C12H22ClN7O2. The standard InChI is InChI=1S/C12H21N7O2.ClH/c1-9(2)11(13)12(21)18-5-3-17(4-6-18)10(20)7-19-8-14-15-16-19;/h8-9,11H,3-7,13H2,1-2H3;1H/t11-;/m0./s1. The third-order valence-corrected chi connectivity index (χ3v) is 3.64. The topological polar surface area (TPSA) is 110 Å². The molecule has 1 fully saturated rings. The summed E-state index contributed by atoms with van der Waals surface area (Å²) in [7, 11) is 0. The van der Waals surface area contributed by atoms with Gasteiger partial charge in [-0.15, -0.1) is 17.5 Å². The molecular weight excluding hydrogens is 310 g/mol. The molecule has 22 heavy (non-hydrogen) atoms. The van der Waals surface area contributed by atoms with Gasteiger partial charge in [-0.2, -0.15) is 0 Å². The summed E-state index contributed by atoms with van der Waals surface area (Å²) in [6.07, 6.45) is 1.40. The van der Waals surface area contributed by atoms with Gasteiger partial charge in [0.1, 0.15) is 12.9 Å². The maximum atomic E-state index is 12.1. The largest absolute Gasteiger partial charge is 0.338 e. The fraction of sp³-hybridized carbons (Fsp3) is 0.750. The first-order chi connectivity index (χ1) is 9.99. The normalized spacial score (nSPS) is 16.4. The monoisotopic (exact) mass is 331 g/mol. The zero-order valence-corrected chi connectivity index (χ0v) is 13.6. The highest BCUT2D eigenvalue weighted by molar-refractivity contribution is 5.85. The van der Waals surface area contributed by atoms with Crippen LogP contribution in [0.4, 0.5) is 0 Å². The molecule has 124 valence electrons. The molecule has 10 heteroatoms. The Morgan fingerprint density at radius 3 is 2.27 bits per heavy atom. The molecule has 1 aromatic rings. The smallest absolute Gasteiger partial charge is 0.244 e. The van der Waals surface area contributed by atoms with Crippen LogP contribution >= 0.6 is 12.4 Å². The Morgan fingerprint density at radius 2 is 1.77 bits per heavy atom. The SMILES string of the molecule is CC(C)[C@H](N)C(=O)N1CCN(C(=O)Cn2cnnn2)CC1.Cl. The van der Waals surface area contributed by atoms with Crippen molar-refractivity contribution in [1.82, 2.24) is 30.0 Å². The highest BCUT2D eigenvalue weighted by Gasteiger charge is 2.28. The van der Waals surface area contributed by atoms with Crippen LogP contribution in [0.2, 0.25) is 0 Å². The minimum atomic E-state index is -0.478. The molecule has 0 bridgehead atoms. The predicted molar refractivity (Wildman–Crippen MR) is 81.0 cm³/mol. The molecule has 2 amide bonds. The van der Waals surface area contributed by atoms with Gasteiger partial charge in [0.05, 0.1) is 6.04 Å². The Morgan fingerprint density at radius 1 is 1.18 bits per heavy atom. The fourth-order valence-corrected chi connectivity index (χ4v) is 2.16. The molecule has 1 aliphatic rings. The van der Waals surface area contributed by atoms with Crippen LogP contribution in [0.5, 0.6) is 0 Å². The predicted octanol–water partition coefficient (Wildman–Crippen LogP) is -1.25. The summed E-state index contributed by atoms with van der Waals surface area (Å²) in [6, 6.07) is -0.478. The van der Waals surface area contributed by atoms with Gasteiger partial charge in [0.25, 0.3) is 0 Å². The van der Waals surface area contributed by atoms with Gasteiger partial charge in [0, 0.05) is 26.2 Å². The van der Waals surface area contributed by atoms with Gasteiger partial charge in [-0.3, -0.25) is 9.59 Å². The van der Waals surface area contributed by atoms with E-state index in [9.17, 15) is 9.59 Å². The number of hydrogen-bond acceptors (Lipinski definition) is 6. The Hall–Kier alpha value is -1.74. The molecule has 9 nitrogen and oxygen atoms in total. The van der Waals surface area contributed by atoms with Crippen molar-refractivity contribution < 1.29 is 9.59 Å². The summed E-state index contributed by atoms with van der Waals surface area (Å²) in [5.41, 5.74) is 5.88. The minimum Gasteiger partial charge on any atom is -0.338 e. The number of piperazine rings is 1. The van der Waals surface area contributed by atoms with Crippen LogP contribution in [-0.4, -0.2) is 74.0 Å². The molecule has 2 N–H and O–H groups in total. The quantitative estimate of drug-likeness (QED) is 0.738. The molecule has 1 saturated heterocycles. The third kappa shape index (κ3) is 4.38. The zero-order chi connectivity index (χ0) is 15.4. The summed E-state index contributed by atoms with van der Waals surface area (Å²) >= 11 is 0. The number of carbonyl (C=O) groups excluding carboxylic acids is 2. The lowest BCUT2D eigenvalue weighted by molar-refractivity contribution is -0.141. The van der Waals surface area contributed by atoms with E-state index in [1.807, 2.05) is 13.8 Å². The Kier molecular flexibility index (Phi) is 6.69. The zero-order valence-electron chi connectivity index (χ0n) is 12.8. The fourth-order valence-electron chi connectivity index (χ4n) is 2.16. The van der Waals surface area contributed by atoms with Crippen LogP contribution in [0.15, 0.2) is 6.33 Å². The van der Waals surface area contributed by atoms with Crippen molar-refractivity contribution in [2.75, 3.05) is 26.2 Å². The molecule has 0 radical (unpaired) electrons. The van der Waals surface area contributed by atoms with E-state index in [0.717, 1.165) is 0 Å². The van der Waals surface area contributed by atoms with Gasteiger partial charge in [-0.05, 0) is 16.3 Å². The van der Waals surface area contributed by atoms with E-state index in [2.05, 4.69) is 15.5 Å². The van der Waals surface area contributed by atoms with Crippen molar-refractivity contribution in [3.8, 4) is 0 Å². The third-order valence-electron chi connectivity index (χ3n) is 3.64. The van der Waals surface area contributed by atoms with E-state index < -0.39 is 6.04 Å². The number of tetrazole rings is 1. The second kappa shape index (κ2) is 8.04. The first-order valence-corrected chi connectivity index (χ1v) is 7.02. The number of nitrogens with zero attached hydrogens (tertiary/aromatic N) is 6. The molecule has 1 aliphatic heterocycles. The number of rotatable bonds is 4. The van der Waals surface area contributed by atoms with Gasteiger partial charge in [-0.1, -0.05) is 13.8 Å². The van der Waals surface area contributed by atoms with E-state index in [-0.39, 0.29) is 36.7 Å². The summed E-state index contributed by atoms with van der Waals surface area (Å²) in [5, 5.41) is 10.6. The molecule has 0 aliphatic carbocycles. The maximum absolute atomic E-state index is 12.1. The first kappa shape index (κ1) is 18.3. The average Bonchev–Trinajstić information content (AvgIpc) is 2.98. The minimum absolute atomic E-state index is 0. The maximum Gasteiger partial charge on any atom is 0.244 e. The molecule has 0 spiro atoms. The van der Waals surface area contributed by atoms with Gasteiger partial charge in [0.2, 0.25) is 11.8 Å². The van der Waals surface area contributed by atoms with Crippen LogP contribution in [-0.2, 0) is 16.1 Å². The van der Waals surface area contributed by atoms with Crippen LogP contribution < -0.4 is 5.73 Å². The Labute approximate surface area is 135 Å². The molecule has 1 atom stereocenters. The summed E-state index contributed by atoms with van der Waals surface area (Å²) in [6.45, 7) is 6.02. The van der Waals surface area contributed by atoms with Crippen LogP contribution in [0, 0.1) is 5.92 Å². The van der Waals surface area contributed by atoms with Crippen molar-refractivity contribution in [2.24, 2.45) is 11.7 Å². The number of hydrogen-bond donors (Lipinski definition) is 1. The van der Waals surface area contributed by atoms with E-state index >= 15 is 0 Å². The van der Waals surface area contributed by atoms with Gasteiger partial charge < -0.3 is 15.5 Å². The lowest BCUT2D eigenvalue weighted by Crippen LogP contribution is -2.55. The number of halogens is 1. The van der Waals surface area contributed by atoms with Gasteiger partial charge in [0.15, 0.2) is 0 Å². The van der Waals surface area contributed by atoms with Crippen LogP contribution in [0.3, 0.4) is 0 Å². The Balaban J connectivity index is 0.00000242. The molecule has 0 aromatic carbocycles. The number of aromatic nitrogens is 4. The lowest BCUT2D eigenvalue weighted by Gasteiger charge is -2.36. The van der Waals surface area contributed by atoms with Gasteiger partial charge in [-0.25, -0.2) is 4.68 Å². The van der Waals surface area contributed by atoms with Crippen molar-refractivity contribution in [1.29, 1.82) is 0 Å². The van der Waals surface area contributed by atoms with Crippen molar-refractivity contribution in [3.63, 3.8) is 0 Å². The number of nitrogens with two attached hydrogens (primary N) is 1. The summed E-state index contributed by atoms with van der Waals surface area (Å²) in [5.74, 6) is 0.0112. The first-order valence-electron chi connectivity index (χ1n) is 7.02. The summed E-state index contributed by atoms with van der Waals surface area (Å²) < 4.78 is 1.38. The van der Waals surface area contributed by atoms with Crippen LogP contribution in [0.1, 0.15) is 13.8 Å². The number of carbonyl (C=O) groups is 2. The van der Waals surface area contributed by atoms with Gasteiger partial charge >= 0.3 is 0 Å². The van der Waals surface area contributed by atoms with E-state index in [1.165, 1.54) is 11.0 Å². The highest BCUT2D eigenvalue weighted by atomic mass is 35.5. The second-order valence-corrected chi connectivity index (χ2v) is 5.48. The molecule has 0 saturated carbocycles. The van der Waals surface area contributed by atoms with Crippen molar-refractivity contribution in [3.05, 3.63) is 6.33 Å². The molecule has 0 unspecified atom stereocenters. The second-order valence-electron chi connectivity index (χ2n) is 5.48. The van der Waals surface area contributed by atoms with E-state index in [0.29, 0.717) is 26.2 Å². The van der Waals surface area contributed by atoms with E-state index in [4.69, 9.17) is 5.73 Å². The summed E-state index contributed by atoms with van der Waals surface area (Å²) in [4.78, 5) is 27.6. The highest BCUT2D eigenvalue weighted by Crippen LogP contribution is 2.08. The molecule has 1 aromatic heterocycles. The lowest BCUT2D eigenvalue weighted by atomic mass is 10.0. The average molecular weight is 332 g/mol. The van der Waals surface area contributed by atoms with Crippen molar-refractivity contribution in [2.45, 2.75) is 26.4 Å². The number of amides is 2. The molecule has 2 rings (SSSR count). The molecule has 2 heterocycles. The van der Waals surface area contributed by atoms with Crippen LogP contribution in [0.25, 0.3) is 0 Å². The van der Waals surface area contributed by atoms with Crippen molar-refractivity contribution >= 4 is 24.2 Å². The van der Waals surface area contributed by atoms with E-state index in [1.54, 1.807) is 9.80 Å².